The quantitative estimate of drug-likeness (QED) is 0.244. The minimum atomic E-state index is -0.422. The molecule has 1 aromatic heterocycles. The van der Waals surface area contributed by atoms with E-state index in [0.717, 1.165) is 5.56 Å². The molecule has 0 atom stereocenters. The summed E-state index contributed by atoms with van der Waals surface area (Å²) >= 11 is 0. The zero-order valence-corrected chi connectivity index (χ0v) is 17.2. The Morgan fingerprint density at radius 3 is 2.66 bits per heavy atom. The highest BCUT2D eigenvalue weighted by molar-refractivity contribution is 6.00. The van der Waals surface area contributed by atoms with Crippen LogP contribution in [0.25, 0.3) is 0 Å². The third-order valence-corrected chi connectivity index (χ3v) is 4.09. The highest BCUT2D eigenvalue weighted by Crippen LogP contribution is 2.22. The van der Waals surface area contributed by atoms with Crippen molar-refractivity contribution in [2.75, 3.05) is 13.7 Å². The number of rotatable bonds is 6. The number of esters is 1. The number of aliphatic imine (C=N–C) groups is 1. The SMILES string of the molecule is CCOC(=O)c1c[nH]c(C(=Nc2cc(C(=O)NOC)ccc2C)[NH+]=C(C)N)c1C. The fourth-order valence-corrected chi connectivity index (χ4v) is 2.64. The van der Waals surface area contributed by atoms with Crippen LogP contribution >= 0.6 is 0 Å². The van der Waals surface area contributed by atoms with E-state index < -0.39 is 5.97 Å². The van der Waals surface area contributed by atoms with E-state index in [9.17, 15) is 9.59 Å². The molecule has 9 heteroatoms. The van der Waals surface area contributed by atoms with Crippen molar-refractivity contribution in [3.8, 4) is 0 Å². The number of nitrogens with one attached hydrogen (secondary N) is 3. The maximum atomic E-state index is 12.1. The van der Waals surface area contributed by atoms with Crippen molar-refractivity contribution in [1.29, 1.82) is 0 Å². The number of amidine groups is 2. The van der Waals surface area contributed by atoms with Gasteiger partial charge in [-0.05, 0) is 44.0 Å². The number of H-pyrrole nitrogens is 1. The van der Waals surface area contributed by atoms with Crippen LogP contribution in [0.5, 0.6) is 0 Å². The van der Waals surface area contributed by atoms with Gasteiger partial charge in [0.2, 0.25) is 0 Å². The molecule has 1 heterocycles. The zero-order chi connectivity index (χ0) is 21.6. The molecule has 0 aliphatic heterocycles. The summed E-state index contributed by atoms with van der Waals surface area (Å²) in [5.74, 6) is 0.0159. The predicted molar refractivity (Wildman–Crippen MR) is 109 cm³/mol. The minimum Gasteiger partial charge on any atom is -0.462 e. The number of carbonyl (C=O) groups is 2. The van der Waals surface area contributed by atoms with E-state index in [1.54, 1.807) is 45.2 Å². The molecule has 2 aromatic rings. The van der Waals surface area contributed by atoms with E-state index in [1.807, 2.05) is 6.92 Å². The Labute approximate surface area is 169 Å². The van der Waals surface area contributed by atoms with Crippen molar-refractivity contribution >= 4 is 29.2 Å². The summed E-state index contributed by atoms with van der Waals surface area (Å²) in [7, 11) is 1.36. The number of hydrogen-bond donors (Lipinski definition) is 4. The molecule has 0 radical (unpaired) electrons. The van der Waals surface area contributed by atoms with Gasteiger partial charge in [0.05, 0.1) is 19.3 Å². The molecule has 0 bridgehead atoms. The van der Waals surface area contributed by atoms with Crippen LogP contribution in [0.2, 0.25) is 0 Å². The number of amides is 1. The second-order valence-corrected chi connectivity index (χ2v) is 6.33. The first kappa shape index (κ1) is 21.8. The van der Waals surface area contributed by atoms with E-state index in [2.05, 4.69) is 25.3 Å². The van der Waals surface area contributed by atoms with Gasteiger partial charge in [-0.3, -0.25) is 9.63 Å². The van der Waals surface area contributed by atoms with Gasteiger partial charge in [0, 0.05) is 18.7 Å². The Morgan fingerprint density at radius 2 is 2.03 bits per heavy atom. The number of ether oxygens (including phenoxy) is 1. The van der Waals surface area contributed by atoms with Crippen molar-refractivity contribution in [3.05, 3.63) is 52.3 Å². The van der Waals surface area contributed by atoms with Crippen molar-refractivity contribution < 1.29 is 24.2 Å². The average molecular weight is 400 g/mol. The van der Waals surface area contributed by atoms with Crippen molar-refractivity contribution in [2.24, 2.45) is 10.7 Å². The molecule has 29 heavy (non-hydrogen) atoms. The fourth-order valence-electron chi connectivity index (χ4n) is 2.64. The fraction of sp³-hybridized carbons (Fsp3) is 0.300. The number of aromatic amines is 1. The van der Waals surface area contributed by atoms with Crippen LogP contribution in [0.4, 0.5) is 5.69 Å². The molecule has 154 valence electrons. The standard InChI is InChI=1S/C20H25N5O4/c1-6-29-20(27)15-10-22-17(12(15)3)18(23-13(4)21)24-16-9-14(8-7-11(16)2)19(26)25-28-5/h7-10,22H,6H2,1-5H3,(H,25,26)(H2,21,23,24)/p+1. The van der Waals surface area contributed by atoms with E-state index in [-0.39, 0.29) is 12.5 Å². The maximum absolute atomic E-state index is 12.1. The van der Waals surface area contributed by atoms with E-state index in [0.29, 0.717) is 39.7 Å². The number of benzene rings is 1. The van der Waals surface area contributed by atoms with Crippen molar-refractivity contribution in [3.63, 3.8) is 0 Å². The molecule has 0 aliphatic rings. The topological polar surface area (TPSA) is 133 Å². The van der Waals surface area contributed by atoms with Gasteiger partial charge >= 0.3 is 5.97 Å². The number of aryl methyl sites for hydroxylation is 1. The lowest BCUT2D eigenvalue weighted by Crippen LogP contribution is -2.79. The Balaban J connectivity index is 2.56. The Morgan fingerprint density at radius 1 is 1.31 bits per heavy atom. The van der Waals surface area contributed by atoms with Crippen LogP contribution in [0.1, 0.15) is 51.4 Å². The summed E-state index contributed by atoms with van der Waals surface area (Å²) in [4.78, 5) is 39.6. The summed E-state index contributed by atoms with van der Waals surface area (Å²) in [6, 6.07) is 5.10. The monoisotopic (exact) mass is 400 g/mol. The molecule has 0 fully saturated rings. The first-order valence-electron chi connectivity index (χ1n) is 9.02. The molecule has 1 amide bonds. The molecule has 9 nitrogen and oxygen atoms in total. The summed E-state index contributed by atoms with van der Waals surface area (Å²) in [5, 5.41) is 0. The Kier molecular flexibility index (Phi) is 7.27. The van der Waals surface area contributed by atoms with Crippen LogP contribution in [-0.2, 0) is 9.57 Å². The maximum Gasteiger partial charge on any atom is 0.339 e. The van der Waals surface area contributed by atoms with E-state index in [4.69, 9.17) is 10.5 Å². The number of aromatic nitrogens is 1. The van der Waals surface area contributed by atoms with E-state index in [1.165, 1.54) is 7.11 Å². The molecular formula is C20H26N5O4+. The molecule has 2 rings (SSSR count). The van der Waals surface area contributed by atoms with Crippen LogP contribution in [0.3, 0.4) is 0 Å². The molecule has 0 aliphatic carbocycles. The number of carbonyl (C=O) groups excluding carboxylic acids is 2. The number of nitrogens with zero attached hydrogens (tertiary/aromatic N) is 1. The van der Waals surface area contributed by atoms with E-state index >= 15 is 0 Å². The number of hydrogen-bond acceptors (Lipinski definition) is 5. The smallest absolute Gasteiger partial charge is 0.339 e. The summed E-state index contributed by atoms with van der Waals surface area (Å²) in [5.41, 5.74) is 11.6. The third kappa shape index (κ3) is 5.29. The van der Waals surface area contributed by atoms with Gasteiger partial charge in [-0.25, -0.2) is 15.3 Å². The van der Waals surface area contributed by atoms with Crippen LogP contribution < -0.4 is 16.2 Å². The van der Waals surface area contributed by atoms with Crippen molar-refractivity contribution in [1.82, 2.24) is 10.5 Å². The first-order chi connectivity index (χ1) is 13.8. The number of nitrogens with two attached hydrogens (primary N) is 1. The van der Waals surface area contributed by atoms with Crippen LogP contribution in [0, 0.1) is 13.8 Å². The van der Waals surface area contributed by atoms with Gasteiger partial charge in [-0.15, -0.1) is 4.99 Å². The third-order valence-electron chi connectivity index (χ3n) is 4.09. The summed E-state index contributed by atoms with van der Waals surface area (Å²) < 4.78 is 5.08. The van der Waals surface area contributed by atoms with Gasteiger partial charge in [0.1, 0.15) is 11.4 Å². The predicted octanol–water partition coefficient (Wildman–Crippen LogP) is 0.635. The molecule has 1 aromatic carbocycles. The van der Waals surface area contributed by atoms with Crippen LogP contribution in [-0.4, -0.2) is 42.2 Å². The lowest BCUT2D eigenvalue weighted by molar-refractivity contribution is -0.316. The second kappa shape index (κ2) is 9.65. The Hall–Kier alpha value is -3.46. The zero-order valence-electron chi connectivity index (χ0n) is 17.2. The average Bonchev–Trinajstić information content (AvgIpc) is 3.04. The molecule has 5 N–H and O–H groups in total. The highest BCUT2D eigenvalue weighted by Gasteiger charge is 2.21. The second-order valence-electron chi connectivity index (χ2n) is 6.33. The molecule has 0 unspecified atom stereocenters. The Bertz CT molecular complexity index is 971. The van der Waals surface area contributed by atoms with Gasteiger partial charge in [-0.2, -0.15) is 0 Å². The van der Waals surface area contributed by atoms with Gasteiger partial charge in [-0.1, -0.05) is 6.07 Å². The van der Waals surface area contributed by atoms with Crippen LogP contribution in [0.15, 0.2) is 29.4 Å². The van der Waals surface area contributed by atoms with Gasteiger partial charge in [0.15, 0.2) is 5.84 Å². The molecule has 0 saturated carbocycles. The lowest BCUT2D eigenvalue weighted by atomic mass is 10.1. The molecule has 0 spiro atoms. The minimum absolute atomic E-state index is 0.281. The highest BCUT2D eigenvalue weighted by atomic mass is 16.6. The van der Waals surface area contributed by atoms with Gasteiger partial charge < -0.3 is 15.5 Å². The summed E-state index contributed by atoms with van der Waals surface area (Å²) in [6.07, 6.45) is 1.57. The number of hydroxylamine groups is 1. The van der Waals surface area contributed by atoms with Crippen molar-refractivity contribution in [2.45, 2.75) is 27.7 Å². The normalized spacial score (nSPS) is 12.0. The lowest BCUT2D eigenvalue weighted by Gasteiger charge is -2.05. The van der Waals surface area contributed by atoms with Gasteiger partial charge in [0.25, 0.3) is 11.7 Å². The summed E-state index contributed by atoms with van der Waals surface area (Å²) in [6.45, 7) is 7.38. The molecule has 0 saturated heterocycles. The molecular weight excluding hydrogens is 374 g/mol. The first-order valence-corrected chi connectivity index (χ1v) is 9.02. The largest absolute Gasteiger partial charge is 0.462 e.